The molecule has 148 valence electrons. The van der Waals surface area contributed by atoms with Crippen LogP contribution in [0.3, 0.4) is 0 Å². The molecule has 29 heavy (non-hydrogen) atoms. The van der Waals surface area contributed by atoms with E-state index in [2.05, 4.69) is 25.6 Å². The Bertz CT molecular complexity index is 1080. The fourth-order valence-corrected chi connectivity index (χ4v) is 3.47. The van der Waals surface area contributed by atoms with Crippen LogP contribution in [0.2, 0.25) is 0 Å². The molecule has 2 unspecified atom stereocenters. The summed E-state index contributed by atoms with van der Waals surface area (Å²) in [6.45, 7) is 0. The molecule has 0 aliphatic heterocycles. The Morgan fingerprint density at radius 2 is 2.10 bits per heavy atom. The number of nitriles is 1. The second-order valence-corrected chi connectivity index (χ2v) is 7.03. The fraction of sp³-hybridized carbons (Fsp3) is 0.300. The molecular weight excluding hydrogens is 376 g/mol. The van der Waals surface area contributed by atoms with Gasteiger partial charge in [0.25, 0.3) is 5.92 Å². The van der Waals surface area contributed by atoms with Crippen molar-refractivity contribution in [1.82, 2.24) is 15.0 Å². The Hall–Kier alpha value is -3.38. The Kier molecular flexibility index (Phi) is 4.94. The van der Waals surface area contributed by atoms with Crippen LogP contribution in [-0.2, 0) is 0 Å². The fourth-order valence-electron chi connectivity index (χ4n) is 3.47. The van der Waals surface area contributed by atoms with Gasteiger partial charge in [-0.3, -0.25) is 4.98 Å². The van der Waals surface area contributed by atoms with E-state index in [1.807, 2.05) is 36.4 Å². The number of fused-ring (bicyclic) bond motifs is 1. The van der Waals surface area contributed by atoms with Crippen molar-refractivity contribution >= 4 is 28.2 Å². The molecule has 1 aliphatic carbocycles. The van der Waals surface area contributed by atoms with Crippen LogP contribution in [0.25, 0.3) is 10.9 Å². The first-order chi connectivity index (χ1) is 14.0. The van der Waals surface area contributed by atoms with Crippen molar-refractivity contribution < 1.29 is 8.78 Å². The maximum Gasteiger partial charge on any atom is 0.264 e. The second kappa shape index (κ2) is 7.56. The van der Waals surface area contributed by atoms with Gasteiger partial charge in [-0.15, -0.1) is 0 Å². The summed E-state index contributed by atoms with van der Waals surface area (Å²) >= 11 is 0. The van der Waals surface area contributed by atoms with E-state index in [4.69, 9.17) is 5.73 Å². The normalized spacial score (nSPS) is 20.8. The molecule has 2 aromatic heterocycles. The smallest absolute Gasteiger partial charge is 0.264 e. The van der Waals surface area contributed by atoms with E-state index >= 15 is 0 Å². The number of pyridine rings is 1. The second-order valence-electron chi connectivity index (χ2n) is 7.03. The third kappa shape index (κ3) is 3.93. The van der Waals surface area contributed by atoms with Gasteiger partial charge in [0, 0.05) is 29.7 Å². The SMILES string of the molecule is N#Cc1ncc(NC2CCCC(F)(F)C2N)nc1Nc1ccc2ncccc2c1. The van der Waals surface area contributed by atoms with Gasteiger partial charge in [0.05, 0.1) is 17.8 Å². The lowest BCUT2D eigenvalue weighted by Gasteiger charge is -2.36. The summed E-state index contributed by atoms with van der Waals surface area (Å²) in [5, 5.41) is 16.3. The molecule has 1 fully saturated rings. The predicted molar refractivity (Wildman–Crippen MR) is 106 cm³/mol. The number of nitrogens with one attached hydrogen (secondary N) is 2. The summed E-state index contributed by atoms with van der Waals surface area (Å²) in [5.74, 6) is -2.40. The molecule has 9 heteroatoms. The topological polar surface area (TPSA) is 113 Å². The summed E-state index contributed by atoms with van der Waals surface area (Å²) in [6.07, 6.45) is 3.74. The van der Waals surface area contributed by atoms with Crippen molar-refractivity contribution in [2.45, 2.75) is 37.3 Å². The molecule has 0 radical (unpaired) electrons. The molecular formula is C20H19F2N7. The van der Waals surface area contributed by atoms with Crippen molar-refractivity contribution in [2.24, 2.45) is 5.73 Å². The summed E-state index contributed by atoms with van der Waals surface area (Å²) in [4.78, 5) is 12.7. The van der Waals surface area contributed by atoms with Gasteiger partial charge in [0.1, 0.15) is 11.9 Å². The molecule has 4 N–H and O–H groups in total. The Balaban J connectivity index is 1.59. The molecule has 0 amide bonds. The van der Waals surface area contributed by atoms with Crippen LogP contribution in [0, 0.1) is 11.3 Å². The van der Waals surface area contributed by atoms with Crippen LogP contribution >= 0.6 is 0 Å². The molecule has 2 atom stereocenters. The predicted octanol–water partition coefficient (Wildman–Crippen LogP) is 3.57. The zero-order valence-electron chi connectivity index (χ0n) is 15.4. The van der Waals surface area contributed by atoms with Crippen LogP contribution in [0.5, 0.6) is 0 Å². The number of hydrogen-bond donors (Lipinski definition) is 3. The van der Waals surface area contributed by atoms with Gasteiger partial charge in [-0.05, 0) is 37.1 Å². The van der Waals surface area contributed by atoms with E-state index in [0.717, 1.165) is 10.9 Å². The number of aromatic nitrogens is 3. The van der Waals surface area contributed by atoms with E-state index < -0.39 is 18.0 Å². The third-order valence-electron chi connectivity index (χ3n) is 5.02. The van der Waals surface area contributed by atoms with Crippen LogP contribution in [0.4, 0.5) is 26.1 Å². The van der Waals surface area contributed by atoms with Crippen molar-refractivity contribution in [2.75, 3.05) is 10.6 Å². The minimum atomic E-state index is -2.92. The van der Waals surface area contributed by atoms with Gasteiger partial charge in [0.15, 0.2) is 11.5 Å². The standard InChI is InChI=1S/C20H19F2N7/c21-20(22)7-1-4-15(18(20)24)28-17-11-26-16(10-23)19(29-17)27-13-5-6-14-12(9-13)3-2-8-25-14/h2-3,5-6,8-9,11,15,18H,1,4,7,24H2,(H2,27,28,29). The molecule has 1 aromatic carbocycles. The maximum absolute atomic E-state index is 13.9. The number of hydrogen-bond acceptors (Lipinski definition) is 7. The largest absolute Gasteiger partial charge is 0.364 e. The number of nitrogens with zero attached hydrogens (tertiary/aromatic N) is 4. The Morgan fingerprint density at radius 1 is 1.24 bits per heavy atom. The van der Waals surface area contributed by atoms with Gasteiger partial charge in [-0.1, -0.05) is 6.07 Å². The highest BCUT2D eigenvalue weighted by Crippen LogP contribution is 2.33. The van der Waals surface area contributed by atoms with Crippen molar-refractivity contribution in [3.8, 4) is 6.07 Å². The van der Waals surface area contributed by atoms with E-state index in [0.29, 0.717) is 18.5 Å². The van der Waals surface area contributed by atoms with Crippen LogP contribution in [0.1, 0.15) is 25.0 Å². The average molecular weight is 395 g/mol. The first-order valence-corrected chi connectivity index (χ1v) is 9.25. The molecule has 0 saturated heterocycles. The zero-order chi connectivity index (χ0) is 20.4. The van der Waals surface area contributed by atoms with E-state index in [1.54, 1.807) is 6.20 Å². The quantitative estimate of drug-likeness (QED) is 0.619. The Morgan fingerprint density at radius 3 is 2.93 bits per heavy atom. The van der Waals surface area contributed by atoms with Gasteiger partial charge >= 0.3 is 0 Å². The van der Waals surface area contributed by atoms with Gasteiger partial charge in [-0.2, -0.15) is 5.26 Å². The van der Waals surface area contributed by atoms with Crippen molar-refractivity contribution in [1.29, 1.82) is 5.26 Å². The third-order valence-corrected chi connectivity index (χ3v) is 5.02. The summed E-state index contributed by atoms with van der Waals surface area (Å²) < 4.78 is 27.8. The van der Waals surface area contributed by atoms with Crippen molar-refractivity contribution in [3.05, 3.63) is 48.4 Å². The van der Waals surface area contributed by atoms with Gasteiger partial charge in [-0.25, -0.2) is 18.7 Å². The van der Waals surface area contributed by atoms with E-state index in [1.165, 1.54) is 6.20 Å². The van der Waals surface area contributed by atoms with Crippen LogP contribution in [0.15, 0.2) is 42.7 Å². The minimum absolute atomic E-state index is 0.0973. The minimum Gasteiger partial charge on any atom is -0.364 e. The van der Waals surface area contributed by atoms with Gasteiger partial charge in [0.2, 0.25) is 0 Å². The summed E-state index contributed by atoms with van der Waals surface area (Å²) in [5.41, 5.74) is 7.38. The highest BCUT2D eigenvalue weighted by molar-refractivity contribution is 5.83. The van der Waals surface area contributed by atoms with E-state index in [-0.39, 0.29) is 23.8 Å². The highest BCUT2D eigenvalue weighted by atomic mass is 19.3. The molecule has 1 saturated carbocycles. The highest BCUT2D eigenvalue weighted by Gasteiger charge is 2.44. The first-order valence-electron chi connectivity index (χ1n) is 9.25. The molecule has 7 nitrogen and oxygen atoms in total. The average Bonchev–Trinajstić information content (AvgIpc) is 2.71. The van der Waals surface area contributed by atoms with Crippen molar-refractivity contribution in [3.63, 3.8) is 0 Å². The first kappa shape index (κ1) is 19.0. The number of rotatable bonds is 4. The lowest BCUT2D eigenvalue weighted by atomic mass is 9.87. The monoisotopic (exact) mass is 395 g/mol. The lowest BCUT2D eigenvalue weighted by Crippen LogP contribution is -2.55. The maximum atomic E-state index is 13.9. The number of nitrogens with two attached hydrogens (primary N) is 1. The Labute approximate surface area is 166 Å². The number of anilines is 3. The molecule has 0 bridgehead atoms. The zero-order valence-corrected chi connectivity index (χ0v) is 15.4. The van der Waals surface area contributed by atoms with Crippen LogP contribution < -0.4 is 16.4 Å². The molecule has 1 aliphatic rings. The summed E-state index contributed by atoms with van der Waals surface area (Å²) in [7, 11) is 0. The van der Waals surface area contributed by atoms with Gasteiger partial charge < -0.3 is 16.4 Å². The van der Waals surface area contributed by atoms with Crippen LogP contribution in [-0.4, -0.2) is 33.0 Å². The molecule has 3 aromatic rings. The number of alkyl halides is 2. The molecule has 4 rings (SSSR count). The van der Waals surface area contributed by atoms with E-state index in [9.17, 15) is 14.0 Å². The summed E-state index contributed by atoms with van der Waals surface area (Å²) in [6, 6.07) is 9.35. The number of halogens is 2. The molecule has 0 spiro atoms. The lowest BCUT2D eigenvalue weighted by molar-refractivity contribution is -0.0554. The molecule has 2 heterocycles. The number of benzene rings is 1.